The van der Waals surface area contributed by atoms with E-state index in [9.17, 15) is 21.6 Å². The number of aromatic nitrogens is 2. The molecule has 0 bridgehead atoms. The minimum Gasteiger partial charge on any atom is -0.275 e. The molecule has 0 aliphatic rings. The molecule has 23 heavy (non-hydrogen) atoms. The molecular weight excluding hydrogens is 387 g/mol. The maximum Gasteiger partial charge on any atom is 0.258 e. The fourth-order valence-corrected chi connectivity index (χ4v) is 4.25. The summed E-state index contributed by atoms with van der Waals surface area (Å²) in [7, 11) is -8.28. The zero-order valence-corrected chi connectivity index (χ0v) is 14.5. The Balaban J connectivity index is 2.90. The highest BCUT2D eigenvalue weighted by Gasteiger charge is 2.31. The predicted octanol–water partition coefficient (Wildman–Crippen LogP) is 1.75. The van der Waals surface area contributed by atoms with E-state index in [4.69, 9.17) is 23.2 Å². The van der Waals surface area contributed by atoms with Crippen LogP contribution in [-0.4, -0.2) is 38.3 Å². The summed E-state index contributed by atoms with van der Waals surface area (Å²) in [5.74, 6) is 0. The Kier molecular flexibility index (Phi) is 4.76. The number of hydrogen-bond donors (Lipinski definition) is 0. The van der Waals surface area contributed by atoms with Gasteiger partial charge in [-0.2, -0.15) is 0 Å². The van der Waals surface area contributed by atoms with Crippen molar-refractivity contribution in [1.29, 1.82) is 0 Å². The fourth-order valence-electron chi connectivity index (χ4n) is 1.63. The molecule has 2 rings (SSSR count). The molecule has 122 valence electrons. The van der Waals surface area contributed by atoms with Gasteiger partial charge in [0.15, 0.2) is 5.03 Å². The molecule has 7 nitrogen and oxygen atoms in total. The van der Waals surface area contributed by atoms with E-state index in [1.165, 1.54) is 24.3 Å². The first-order valence-electron chi connectivity index (χ1n) is 5.82. The van der Waals surface area contributed by atoms with E-state index in [2.05, 4.69) is 9.97 Å². The van der Waals surface area contributed by atoms with Gasteiger partial charge in [0.1, 0.15) is 10.7 Å². The topological polar surface area (TPSA) is 111 Å². The summed E-state index contributed by atoms with van der Waals surface area (Å²) in [5.41, 5.74) is -0.676. The number of hydrogen-bond acceptors (Lipinski definition) is 7. The Morgan fingerprint density at radius 2 is 1.61 bits per heavy atom. The van der Waals surface area contributed by atoms with Crippen molar-refractivity contribution in [3.8, 4) is 0 Å². The first-order chi connectivity index (χ1) is 10.5. The summed E-state index contributed by atoms with van der Waals surface area (Å²) < 4.78 is 48.4. The van der Waals surface area contributed by atoms with Gasteiger partial charge in [0, 0.05) is 6.26 Å². The van der Waals surface area contributed by atoms with Gasteiger partial charge in [0.25, 0.3) is 5.24 Å². The molecular formula is C12H8Cl2N2O5S2. The number of carbonyl (C=O) groups excluding carboxylic acids is 1. The summed E-state index contributed by atoms with van der Waals surface area (Å²) in [6.07, 6.45) is 0.778. The Bertz CT molecular complexity index is 990. The van der Waals surface area contributed by atoms with Crippen LogP contribution in [0.2, 0.25) is 5.15 Å². The largest absolute Gasteiger partial charge is 0.275 e. The molecule has 0 spiro atoms. The lowest BCUT2D eigenvalue weighted by Gasteiger charge is -2.09. The van der Waals surface area contributed by atoms with Crippen molar-refractivity contribution in [2.24, 2.45) is 0 Å². The number of halogens is 2. The second-order valence-electron chi connectivity index (χ2n) is 4.34. The van der Waals surface area contributed by atoms with E-state index < -0.39 is 45.8 Å². The molecule has 0 unspecified atom stereocenters. The van der Waals surface area contributed by atoms with Crippen LogP contribution >= 0.6 is 23.2 Å². The first-order valence-corrected chi connectivity index (χ1v) is 9.95. The minimum atomic E-state index is -4.33. The van der Waals surface area contributed by atoms with E-state index >= 15 is 0 Å². The lowest BCUT2D eigenvalue weighted by molar-refractivity contribution is 0.107. The van der Waals surface area contributed by atoms with Gasteiger partial charge in [0.05, 0.1) is 4.90 Å². The van der Waals surface area contributed by atoms with Crippen molar-refractivity contribution in [2.75, 3.05) is 6.26 Å². The van der Waals surface area contributed by atoms with Crippen molar-refractivity contribution < 1.29 is 21.6 Å². The number of sulfone groups is 2. The van der Waals surface area contributed by atoms with Crippen LogP contribution in [0.4, 0.5) is 0 Å². The predicted molar refractivity (Wildman–Crippen MR) is 82.2 cm³/mol. The van der Waals surface area contributed by atoms with Crippen LogP contribution in [0.25, 0.3) is 0 Å². The zero-order chi connectivity index (χ0) is 17.4. The van der Waals surface area contributed by atoms with Crippen molar-refractivity contribution >= 4 is 48.1 Å². The summed E-state index contributed by atoms with van der Waals surface area (Å²) >= 11 is 11.1. The quantitative estimate of drug-likeness (QED) is 0.440. The second kappa shape index (κ2) is 6.16. The maximum absolute atomic E-state index is 12.6. The van der Waals surface area contributed by atoms with E-state index in [1.807, 2.05) is 0 Å². The number of nitrogens with zero attached hydrogens (tertiary/aromatic N) is 2. The minimum absolute atomic E-state index is 0.201. The molecule has 2 aromatic rings. The fraction of sp³-hybridized carbons (Fsp3) is 0.0833. The highest BCUT2D eigenvalue weighted by molar-refractivity contribution is 7.91. The average Bonchev–Trinajstić information content (AvgIpc) is 2.46. The van der Waals surface area contributed by atoms with Gasteiger partial charge in [-0.25, -0.2) is 26.8 Å². The molecule has 0 radical (unpaired) electrons. The molecule has 0 saturated heterocycles. The summed E-state index contributed by atoms with van der Waals surface area (Å²) in [5, 5.41) is -3.55. The average molecular weight is 395 g/mol. The van der Waals surface area contributed by atoms with Gasteiger partial charge >= 0.3 is 0 Å². The van der Waals surface area contributed by atoms with E-state index in [-0.39, 0.29) is 4.90 Å². The molecule has 0 fully saturated rings. The molecule has 0 aliphatic heterocycles. The zero-order valence-electron chi connectivity index (χ0n) is 11.4. The summed E-state index contributed by atoms with van der Waals surface area (Å²) in [6.45, 7) is 0. The monoisotopic (exact) mass is 394 g/mol. The van der Waals surface area contributed by atoms with E-state index in [0.717, 1.165) is 6.26 Å². The Morgan fingerprint density at radius 3 is 2.09 bits per heavy atom. The molecule has 0 aliphatic carbocycles. The Labute approximate surface area is 142 Å². The van der Waals surface area contributed by atoms with Crippen LogP contribution in [0.15, 0.2) is 45.4 Å². The molecule has 0 N–H and O–H groups in total. The van der Waals surface area contributed by atoms with Crippen molar-refractivity contribution in [1.82, 2.24) is 9.97 Å². The molecule has 0 atom stereocenters. The van der Waals surface area contributed by atoms with Crippen LogP contribution < -0.4 is 0 Å². The molecule has 1 heterocycles. The van der Waals surface area contributed by atoms with Gasteiger partial charge in [-0.1, -0.05) is 29.8 Å². The molecule has 0 saturated carbocycles. The van der Waals surface area contributed by atoms with E-state index in [1.54, 1.807) is 6.07 Å². The lowest BCUT2D eigenvalue weighted by atomic mass is 10.4. The number of carbonyl (C=O) groups is 1. The first kappa shape index (κ1) is 17.8. The van der Waals surface area contributed by atoms with Crippen LogP contribution in [0.3, 0.4) is 0 Å². The lowest BCUT2D eigenvalue weighted by Crippen LogP contribution is -2.16. The summed E-state index contributed by atoms with van der Waals surface area (Å²) in [4.78, 5) is 18.2. The molecule has 1 aromatic carbocycles. The van der Waals surface area contributed by atoms with Crippen molar-refractivity contribution in [2.45, 2.75) is 15.1 Å². The van der Waals surface area contributed by atoms with Crippen LogP contribution in [0.1, 0.15) is 10.4 Å². The van der Waals surface area contributed by atoms with Gasteiger partial charge in [-0.3, -0.25) is 4.79 Å². The highest BCUT2D eigenvalue weighted by Crippen LogP contribution is 2.28. The molecule has 0 amide bonds. The summed E-state index contributed by atoms with van der Waals surface area (Å²) in [6, 6.07) is 7.01. The van der Waals surface area contributed by atoms with Gasteiger partial charge in [0.2, 0.25) is 24.8 Å². The number of benzene rings is 1. The third-order valence-corrected chi connectivity index (χ3v) is 5.65. The molecule has 1 aromatic heterocycles. The van der Waals surface area contributed by atoms with Crippen molar-refractivity contribution in [3.63, 3.8) is 0 Å². The Morgan fingerprint density at radius 1 is 1.04 bits per heavy atom. The number of rotatable bonds is 4. The van der Waals surface area contributed by atoms with Gasteiger partial charge in [-0.15, -0.1) is 0 Å². The van der Waals surface area contributed by atoms with Gasteiger partial charge < -0.3 is 0 Å². The van der Waals surface area contributed by atoms with Crippen molar-refractivity contribution in [3.05, 3.63) is 41.0 Å². The smallest absolute Gasteiger partial charge is 0.258 e. The maximum atomic E-state index is 12.6. The van der Waals surface area contributed by atoms with Gasteiger partial charge in [-0.05, 0) is 23.7 Å². The third-order valence-electron chi connectivity index (χ3n) is 2.65. The van der Waals surface area contributed by atoms with Crippen LogP contribution in [-0.2, 0) is 19.7 Å². The highest BCUT2D eigenvalue weighted by atomic mass is 35.5. The van der Waals surface area contributed by atoms with E-state index in [0.29, 0.717) is 0 Å². The van der Waals surface area contributed by atoms with Crippen LogP contribution in [0, 0.1) is 0 Å². The second-order valence-corrected chi connectivity index (χ2v) is 8.82. The molecule has 11 heteroatoms. The SMILES string of the molecule is CS(=O)(=O)c1nc(Cl)c(C(=O)Cl)c(S(=O)(=O)c2ccccc2)n1. The van der Waals surface area contributed by atoms with Crippen LogP contribution in [0.5, 0.6) is 0 Å². The normalized spacial score (nSPS) is 12.1. The third kappa shape index (κ3) is 3.52. The Hall–Kier alpha value is -1.55. The standard InChI is InChI=1S/C12H8Cl2N2O5S2/c1-22(18,19)12-15-9(13)8(10(14)17)11(16-12)23(20,21)7-5-3-2-4-6-7/h2-6H,1H3.